The summed E-state index contributed by atoms with van der Waals surface area (Å²) in [6, 6.07) is 13.0. The summed E-state index contributed by atoms with van der Waals surface area (Å²) in [6.07, 6.45) is 4.07. The molecule has 0 radical (unpaired) electrons. The first-order valence-corrected chi connectivity index (χ1v) is 15.0. The van der Waals surface area contributed by atoms with E-state index in [4.69, 9.17) is 33.1 Å². The standard InChI is InChI=1S/C29H23Cl2F2N3O5S/c30-23-14-24(31)25(42(34,39)40)13-22(23)29(38)41-15-26(37)36-28(17-6-10-20(33)11-7-17)21-3-1-2-18(27(21)35-36)12-16-4-8-19(32)9-5-16/h4-14,21,28H,1-3,15H2,(H2,34,39,40). The lowest BCUT2D eigenvalue weighted by atomic mass is 9.77. The number of ether oxygens (including phenoxy) is 1. The molecule has 3 aromatic rings. The van der Waals surface area contributed by atoms with Gasteiger partial charge in [-0.15, -0.1) is 0 Å². The van der Waals surface area contributed by atoms with Crippen molar-refractivity contribution in [1.82, 2.24) is 5.01 Å². The Hall–Kier alpha value is -3.64. The van der Waals surface area contributed by atoms with Gasteiger partial charge in [0.15, 0.2) is 6.61 Å². The number of nitrogens with two attached hydrogens (primary N) is 1. The number of nitrogens with zero attached hydrogens (tertiary/aromatic N) is 2. The third-order valence-electron chi connectivity index (χ3n) is 7.05. The number of carbonyl (C=O) groups excluding carboxylic acids is 2. The second-order valence-electron chi connectivity index (χ2n) is 9.82. The molecule has 8 nitrogen and oxygen atoms in total. The van der Waals surface area contributed by atoms with Crippen LogP contribution in [0.2, 0.25) is 10.0 Å². The normalized spacial score (nSPS) is 19.4. The minimum absolute atomic E-state index is 0.197. The van der Waals surface area contributed by atoms with Crippen LogP contribution in [-0.4, -0.2) is 37.6 Å². The highest BCUT2D eigenvalue weighted by Gasteiger charge is 2.44. The summed E-state index contributed by atoms with van der Waals surface area (Å²) >= 11 is 12.0. The van der Waals surface area contributed by atoms with Crippen LogP contribution in [-0.2, 0) is 19.6 Å². The second kappa shape index (κ2) is 11.9. The maximum atomic E-state index is 13.8. The highest BCUT2D eigenvalue weighted by Crippen LogP contribution is 2.44. The van der Waals surface area contributed by atoms with Crippen LogP contribution in [0.3, 0.4) is 0 Å². The fraction of sp³-hybridized carbons (Fsp3) is 0.207. The molecule has 5 rings (SSSR count). The van der Waals surface area contributed by atoms with Crippen LogP contribution in [0, 0.1) is 17.6 Å². The average Bonchev–Trinajstić information content (AvgIpc) is 3.33. The van der Waals surface area contributed by atoms with Crippen LogP contribution in [0.4, 0.5) is 8.78 Å². The lowest BCUT2D eigenvalue weighted by Gasteiger charge is -2.29. The average molecular weight is 634 g/mol. The van der Waals surface area contributed by atoms with Crippen LogP contribution in [0.15, 0.2) is 76.2 Å². The predicted molar refractivity (Wildman–Crippen MR) is 153 cm³/mol. The topological polar surface area (TPSA) is 119 Å². The fourth-order valence-corrected chi connectivity index (χ4v) is 6.53. The van der Waals surface area contributed by atoms with Crippen molar-refractivity contribution in [2.45, 2.75) is 30.2 Å². The first-order chi connectivity index (χ1) is 19.9. The van der Waals surface area contributed by atoms with Gasteiger partial charge in [0.05, 0.1) is 27.4 Å². The van der Waals surface area contributed by atoms with Gasteiger partial charge in [0.1, 0.15) is 16.5 Å². The smallest absolute Gasteiger partial charge is 0.340 e. The number of benzene rings is 3. The monoisotopic (exact) mass is 633 g/mol. The summed E-state index contributed by atoms with van der Waals surface area (Å²) in [5.41, 5.74) is 2.60. The van der Waals surface area contributed by atoms with Gasteiger partial charge in [0.2, 0.25) is 10.0 Å². The van der Waals surface area contributed by atoms with Crippen molar-refractivity contribution < 1.29 is 31.5 Å². The molecule has 1 fully saturated rings. The number of carbonyl (C=O) groups is 2. The Morgan fingerprint density at radius 1 is 1.02 bits per heavy atom. The molecular weight excluding hydrogens is 611 g/mol. The van der Waals surface area contributed by atoms with Gasteiger partial charge in [0.25, 0.3) is 5.91 Å². The lowest BCUT2D eigenvalue weighted by Crippen LogP contribution is -2.34. The van der Waals surface area contributed by atoms with Crippen LogP contribution in [0.5, 0.6) is 0 Å². The van der Waals surface area contributed by atoms with E-state index in [0.29, 0.717) is 24.1 Å². The van der Waals surface area contributed by atoms with Crippen LogP contribution in [0.25, 0.3) is 6.08 Å². The minimum atomic E-state index is -4.28. The molecule has 0 bridgehead atoms. The molecule has 0 spiro atoms. The van der Waals surface area contributed by atoms with Crippen molar-refractivity contribution in [1.29, 1.82) is 0 Å². The van der Waals surface area contributed by atoms with Crippen molar-refractivity contribution in [2.24, 2.45) is 16.2 Å². The van der Waals surface area contributed by atoms with Crippen LogP contribution >= 0.6 is 23.2 Å². The van der Waals surface area contributed by atoms with Crippen molar-refractivity contribution in [2.75, 3.05) is 6.61 Å². The maximum absolute atomic E-state index is 13.8. The number of hydrogen-bond acceptors (Lipinski definition) is 6. The molecule has 1 aliphatic heterocycles. The summed E-state index contributed by atoms with van der Waals surface area (Å²) in [5, 5.41) is 10.6. The number of esters is 1. The molecule has 218 valence electrons. The first-order valence-electron chi connectivity index (χ1n) is 12.7. The molecule has 42 heavy (non-hydrogen) atoms. The molecular formula is C29H23Cl2F2N3O5S. The van der Waals surface area contributed by atoms with Gasteiger partial charge >= 0.3 is 5.97 Å². The molecule has 0 saturated heterocycles. The summed E-state index contributed by atoms with van der Waals surface area (Å²) in [5.74, 6) is -2.77. The molecule has 1 aliphatic carbocycles. The fourth-order valence-electron chi connectivity index (χ4n) is 5.14. The van der Waals surface area contributed by atoms with E-state index >= 15 is 0 Å². The molecule has 13 heteroatoms. The summed E-state index contributed by atoms with van der Waals surface area (Å²) in [6.45, 7) is -0.749. The van der Waals surface area contributed by atoms with E-state index in [1.54, 1.807) is 24.3 Å². The predicted octanol–water partition coefficient (Wildman–Crippen LogP) is 5.90. The molecule has 0 aromatic heterocycles. The molecule has 1 saturated carbocycles. The molecule has 1 heterocycles. The van der Waals surface area contributed by atoms with Gasteiger partial charge in [-0.1, -0.05) is 47.5 Å². The van der Waals surface area contributed by atoms with E-state index in [1.165, 1.54) is 29.3 Å². The third-order valence-corrected chi connectivity index (χ3v) is 8.74. The quantitative estimate of drug-likeness (QED) is 0.339. The summed E-state index contributed by atoms with van der Waals surface area (Å²) in [7, 11) is -4.28. The number of sulfonamides is 1. The Kier molecular flexibility index (Phi) is 8.47. The molecule has 2 atom stereocenters. The highest BCUT2D eigenvalue weighted by atomic mass is 35.5. The first kappa shape index (κ1) is 29.8. The summed E-state index contributed by atoms with van der Waals surface area (Å²) < 4.78 is 56.1. The highest BCUT2D eigenvalue weighted by molar-refractivity contribution is 7.89. The number of hydrazone groups is 1. The largest absolute Gasteiger partial charge is 0.452 e. The zero-order valence-electron chi connectivity index (χ0n) is 21.8. The van der Waals surface area contributed by atoms with E-state index in [9.17, 15) is 26.8 Å². The second-order valence-corrected chi connectivity index (χ2v) is 12.2. The molecule has 2 aliphatic rings. The van der Waals surface area contributed by atoms with Gasteiger partial charge in [-0.05, 0) is 78.4 Å². The SMILES string of the molecule is NS(=O)(=O)c1cc(C(=O)OCC(=O)N2N=C3C(=Cc4ccc(F)cc4)CCCC3C2c2ccc(F)cc2)c(Cl)cc1Cl. The van der Waals surface area contributed by atoms with Crippen molar-refractivity contribution in [3.8, 4) is 0 Å². The molecule has 2 unspecified atom stereocenters. The van der Waals surface area contributed by atoms with E-state index in [1.807, 2.05) is 6.08 Å². The number of allylic oxidation sites excluding steroid dienone is 1. The van der Waals surface area contributed by atoms with Gasteiger partial charge < -0.3 is 4.74 Å². The number of fused-ring (bicyclic) bond motifs is 1. The zero-order valence-corrected chi connectivity index (χ0v) is 24.1. The number of hydrogen-bond donors (Lipinski definition) is 1. The minimum Gasteiger partial charge on any atom is -0.452 e. The van der Waals surface area contributed by atoms with Gasteiger partial charge in [-0.2, -0.15) is 5.10 Å². The Bertz CT molecular complexity index is 1730. The molecule has 1 amide bonds. The van der Waals surface area contributed by atoms with Gasteiger partial charge in [-0.3, -0.25) is 4.79 Å². The van der Waals surface area contributed by atoms with Gasteiger partial charge in [0, 0.05) is 5.92 Å². The van der Waals surface area contributed by atoms with Crippen molar-refractivity contribution in [3.05, 3.63) is 105 Å². The Morgan fingerprint density at radius 3 is 2.31 bits per heavy atom. The Labute approximate surface area is 250 Å². The number of rotatable bonds is 6. The lowest BCUT2D eigenvalue weighted by molar-refractivity contribution is -0.137. The Balaban J connectivity index is 1.44. The van der Waals surface area contributed by atoms with Gasteiger partial charge in [-0.25, -0.2) is 32.1 Å². The maximum Gasteiger partial charge on any atom is 0.340 e. The molecule has 2 N–H and O–H groups in total. The van der Waals surface area contributed by atoms with E-state index < -0.39 is 45.3 Å². The van der Waals surface area contributed by atoms with Crippen molar-refractivity contribution in [3.63, 3.8) is 0 Å². The third kappa shape index (κ3) is 6.24. The Morgan fingerprint density at radius 2 is 1.67 bits per heavy atom. The number of halogens is 4. The van der Waals surface area contributed by atoms with E-state index in [-0.39, 0.29) is 27.3 Å². The van der Waals surface area contributed by atoms with Crippen LogP contribution in [0.1, 0.15) is 46.8 Å². The van der Waals surface area contributed by atoms with E-state index in [2.05, 4.69) is 5.10 Å². The summed E-state index contributed by atoms with van der Waals surface area (Å²) in [4.78, 5) is 25.8. The van der Waals surface area contributed by atoms with Crippen molar-refractivity contribution >= 4 is 56.9 Å². The van der Waals surface area contributed by atoms with E-state index in [0.717, 1.165) is 29.7 Å². The number of primary sulfonamides is 1. The van der Waals surface area contributed by atoms with Crippen LogP contribution < -0.4 is 5.14 Å². The zero-order chi connectivity index (χ0) is 30.2. The number of amides is 1. The molecule has 3 aromatic carbocycles.